The van der Waals surface area contributed by atoms with E-state index in [2.05, 4.69) is 25.8 Å². The van der Waals surface area contributed by atoms with Gasteiger partial charge in [0.25, 0.3) is 5.92 Å². The standard InChI is InChI=1S/C18H21F2N5O4S2/c1-4-13-24-25-14(29-13)7-8-21-16(26)23-17-22-10(2)15(30-17)11-5-6-12(31(3,27)28)18(19,20)9-11/h5-6H,4,7-9H2,1-3H3,(H2,21,22,23,26). The predicted molar refractivity (Wildman–Crippen MR) is 112 cm³/mol. The number of carbonyl (C=O) groups is 1. The zero-order chi connectivity index (χ0) is 22.8. The summed E-state index contributed by atoms with van der Waals surface area (Å²) in [4.78, 5) is 15.8. The normalized spacial score (nSPS) is 15.9. The Kier molecular flexibility index (Phi) is 6.55. The second kappa shape index (κ2) is 8.83. The zero-order valence-corrected chi connectivity index (χ0v) is 18.7. The average molecular weight is 474 g/mol. The van der Waals surface area contributed by atoms with Gasteiger partial charge in [0.05, 0.1) is 10.6 Å². The van der Waals surface area contributed by atoms with Gasteiger partial charge in [-0.3, -0.25) is 5.32 Å². The van der Waals surface area contributed by atoms with E-state index in [1.807, 2.05) is 6.92 Å². The second-order valence-electron chi connectivity index (χ2n) is 6.88. The highest BCUT2D eigenvalue weighted by atomic mass is 32.2. The Hall–Kier alpha value is -2.67. The molecule has 0 spiro atoms. The van der Waals surface area contributed by atoms with E-state index in [0.717, 1.165) is 23.7 Å². The molecule has 168 valence electrons. The minimum Gasteiger partial charge on any atom is -0.425 e. The van der Waals surface area contributed by atoms with E-state index in [1.165, 1.54) is 6.08 Å². The van der Waals surface area contributed by atoms with E-state index in [-0.39, 0.29) is 17.2 Å². The first kappa shape index (κ1) is 23.0. The van der Waals surface area contributed by atoms with Gasteiger partial charge >= 0.3 is 6.03 Å². The van der Waals surface area contributed by atoms with Crippen LogP contribution in [0.5, 0.6) is 0 Å². The molecule has 0 radical (unpaired) electrons. The highest BCUT2D eigenvalue weighted by Gasteiger charge is 2.43. The van der Waals surface area contributed by atoms with Crippen LogP contribution in [0.15, 0.2) is 21.5 Å². The fourth-order valence-corrected chi connectivity index (χ4v) is 4.85. The number of alkyl halides is 2. The van der Waals surface area contributed by atoms with E-state index in [1.54, 1.807) is 6.92 Å². The van der Waals surface area contributed by atoms with Crippen LogP contribution in [0, 0.1) is 6.92 Å². The quantitative estimate of drug-likeness (QED) is 0.632. The first-order valence-corrected chi connectivity index (χ1v) is 12.0. The number of carbonyl (C=O) groups excluding carboxylic acids is 1. The van der Waals surface area contributed by atoms with Gasteiger partial charge in [0.15, 0.2) is 15.0 Å². The summed E-state index contributed by atoms with van der Waals surface area (Å²) in [6.07, 6.45) is 3.26. The Morgan fingerprint density at radius 2 is 2.00 bits per heavy atom. The molecule has 0 bridgehead atoms. The molecule has 13 heteroatoms. The van der Waals surface area contributed by atoms with Crippen LogP contribution in [-0.2, 0) is 22.7 Å². The fourth-order valence-electron chi connectivity index (χ4n) is 2.94. The highest BCUT2D eigenvalue weighted by molar-refractivity contribution is 7.94. The predicted octanol–water partition coefficient (Wildman–Crippen LogP) is 3.11. The molecule has 0 atom stereocenters. The van der Waals surface area contributed by atoms with Crippen molar-refractivity contribution < 1.29 is 26.4 Å². The van der Waals surface area contributed by atoms with Crippen molar-refractivity contribution in [3.05, 3.63) is 39.4 Å². The number of nitrogens with one attached hydrogen (secondary N) is 2. The molecule has 3 rings (SSSR count). The molecule has 1 aliphatic rings. The Labute approximate surface area is 181 Å². The number of nitrogens with zero attached hydrogens (tertiary/aromatic N) is 3. The van der Waals surface area contributed by atoms with Crippen molar-refractivity contribution in [3.63, 3.8) is 0 Å². The molecule has 2 N–H and O–H groups in total. The van der Waals surface area contributed by atoms with E-state index < -0.39 is 33.1 Å². The molecule has 0 fully saturated rings. The maximum absolute atomic E-state index is 14.4. The topological polar surface area (TPSA) is 127 Å². The molecule has 9 nitrogen and oxygen atoms in total. The number of hydrogen-bond donors (Lipinski definition) is 2. The maximum atomic E-state index is 14.4. The number of halogens is 2. The number of aromatic nitrogens is 3. The van der Waals surface area contributed by atoms with Gasteiger partial charge in [0.1, 0.15) is 4.91 Å². The summed E-state index contributed by atoms with van der Waals surface area (Å²) in [5, 5.41) is 13.1. The van der Waals surface area contributed by atoms with Crippen molar-refractivity contribution >= 4 is 37.9 Å². The third-order valence-electron chi connectivity index (χ3n) is 4.35. The zero-order valence-electron chi connectivity index (χ0n) is 17.0. The highest BCUT2D eigenvalue weighted by Crippen LogP contribution is 2.43. The van der Waals surface area contributed by atoms with Gasteiger partial charge in [-0.05, 0) is 18.6 Å². The molecule has 0 unspecified atom stereocenters. The van der Waals surface area contributed by atoms with Gasteiger partial charge in [-0.15, -0.1) is 10.2 Å². The third kappa shape index (κ3) is 5.53. The number of thiazole rings is 1. The number of amides is 2. The molecule has 31 heavy (non-hydrogen) atoms. The van der Waals surface area contributed by atoms with Crippen molar-refractivity contribution in [3.8, 4) is 0 Å². The van der Waals surface area contributed by atoms with Crippen molar-refractivity contribution in [1.82, 2.24) is 20.5 Å². The monoisotopic (exact) mass is 473 g/mol. The van der Waals surface area contributed by atoms with Crippen molar-refractivity contribution in [2.45, 2.75) is 39.0 Å². The Morgan fingerprint density at radius 1 is 1.29 bits per heavy atom. The molecule has 0 saturated carbocycles. The minimum absolute atomic E-state index is 0.234. The number of urea groups is 1. The first-order valence-electron chi connectivity index (χ1n) is 9.32. The number of sulfone groups is 1. The molecule has 0 aliphatic heterocycles. The molecular formula is C18H21F2N5O4S2. The van der Waals surface area contributed by atoms with Crippen LogP contribution in [0.2, 0.25) is 0 Å². The van der Waals surface area contributed by atoms with E-state index >= 15 is 0 Å². The lowest BCUT2D eigenvalue weighted by atomic mass is 9.99. The molecular weight excluding hydrogens is 452 g/mol. The summed E-state index contributed by atoms with van der Waals surface area (Å²) in [7, 11) is -4.02. The van der Waals surface area contributed by atoms with Crippen LogP contribution in [0.1, 0.15) is 35.7 Å². The summed E-state index contributed by atoms with van der Waals surface area (Å²) in [5.41, 5.74) is 0.709. The summed E-state index contributed by atoms with van der Waals surface area (Å²) < 4.78 is 57.2. The summed E-state index contributed by atoms with van der Waals surface area (Å²) in [5.74, 6) is -2.58. The van der Waals surface area contributed by atoms with Gasteiger partial charge < -0.3 is 9.73 Å². The third-order valence-corrected chi connectivity index (χ3v) is 6.73. The molecule has 2 aromatic rings. The van der Waals surface area contributed by atoms with Crippen molar-refractivity contribution in [2.24, 2.45) is 0 Å². The number of rotatable bonds is 7. The molecule has 1 aliphatic carbocycles. The van der Waals surface area contributed by atoms with Crippen molar-refractivity contribution in [2.75, 3.05) is 18.1 Å². The Bertz CT molecular complexity index is 1150. The van der Waals surface area contributed by atoms with Crippen LogP contribution in [0.25, 0.3) is 5.57 Å². The SMILES string of the molecule is CCc1nnc(CCNC(=O)Nc2nc(C)c(C3=CC=C(S(C)(=O)=O)C(F)(F)C3)s2)o1. The molecule has 0 aromatic carbocycles. The van der Waals surface area contributed by atoms with Crippen LogP contribution in [0.3, 0.4) is 0 Å². The molecule has 2 amide bonds. The van der Waals surface area contributed by atoms with Gasteiger partial charge in [-0.2, -0.15) is 0 Å². The van der Waals surface area contributed by atoms with Crippen LogP contribution >= 0.6 is 11.3 Å². The van der Waals surface area contributed by atoms with Gasteiger partial charge in [0.2, 0.25) is 11.8 Å². The number of allylic oxidation sites excluding steroid dienone is 4. The molecule has 2 aromatic heterocycles. The lowest BCUT2D eigenvalue weighted by molar-refractivity contribution is 0.0548. The van der Waals surface area contributed by atoms with Gasteiger partial charge in [-0.25, -0.2) is 27.0 Å². The van der Waals surface area contributed by atoms with Crippen molar-refractivity contribution in [1.29, 1.82) is 0 Å². The second-order valence-corrected chi connectivity index (χ2v) is 9.87. The van der Waals surface area contributed by atoms with Gasteiger partial charge in [0, 0.05) is 32.1 Å². The largest absolute Gasteiger partial charge is 0.425 e. The lowest BCUT2D eigenvalue weighted by Gasteiger charge is -2.23. The van der Waals surface area contributed by atoms with E-state index in [4.69, 9.17) is 4.42 Å². The summed E-state index contributed by atoms with van der Waals surface area (Å²) in [6, 6.07) is -0.516. The average Bonchev–Trinajstić information content (AvgIpc) is 3.26. The van der Waals surface area contributed by atoms with E-state index in [9.17, 15) is 22.0 Å². The summed E-state index contributed by atoms with van der Waals surface area (Å²) >= 11 is 1.04. The summed E-state index contributed by atoms with van der Waals surface area (Å²) in [6.45, 7) is 3.77. The number of hydrogen-bond acceptors (Lipinski definition) is 8. The smallest absolute Gasteiger partial charge is 0.321 e. The Morgan fingerprint density at radius 3 is 2.61 bits per heavy atom. The maximum Gasteiger partial charge on any atom is 0.321 e. The van der Waals surface area contributed by atoms with Crippen LogP contribution in [-0.4, -0.2) is 48.4 Å². The first-order chi connectivity index (χ1) is 14.5. The number of anilines is 1. The minimum atomic E-state index is -4.02. The van der Waals surface area contributed by atoms with E-state index in [0.29, 0.717) is 35.2 Å². The molecule has 0 saturated heterocycles. The number of aryl methyl sites for hydroxylation is 2. The van der Waals surface area contributed by atoms with Crippen LogP contribution in [0.4, 0.5) is 18.7 Å². The molecule has 2 heterocycles. The lowest BCUT2D eigenvalue weighted by Crippen LogP contribution is -2.30. The van der Waals surface area contributed by atoms with Crippen LogP contribution < -0.4 is 10.6 Å². The van der Waals surface area contributed by atoms with Gasteiger partial charge in [-0.1, -0.05) is 24.3 Å². The fraction of sp³-hybridized carbons (Fsp3) is 0.444. The Balaban J connectivity index is 1.63.